The third kappa shape index (κ3) is 5.27. The Hall–Kier alpha value is -3.50. The lowest BCUT2D eigenvalue weighted by molar-refractivity contribution is -0.384. The van der Waals surface area contributed by atoms with Gasteiger partial charge in [0.15, 0.2) is 0 Å². The molecule has 0 saturated heterocycles. The van der Waals surface area contributed by atoms with Gasteiger partial charge in [-0.2, -0.15) is 5.10 Å². The molecule has 0 aliphatic heterocycles. The number of hydrogen-bond acceptors (Lipinski definition) is 7. The van der Waals surface area contributed by atoms with E-state index in [0.29, 0.717) is 10.6 Å². The molecule has 2 N–H and O–H groups in total. The van der Waals surface area contributed by atoms with Crippen molar-refractivity contribution in [2.45, 2.75) is 4.90 Å². The van der Waals surface area contributed by atoms with Crippen LogP contribution in [0.2, 0.25) is 5.02 Å². The summed E-state index contributed by atoms with van der Waals surface area (Å²) < 4.78 is 27.5. The van der Waals surface area contributed by atoms with Crippen LogP contribution >= 0.6 is 11.6 Å². The molecule has 3 aromatic rings. The molecule has 1 heterocycles. The van der Waals surface area contributed by atoms with Crippen molar-refractivity contribution in [1.29, 1.82) is 0 Å². The second kappa shape index (κ2) is 8.67. The number of hydrogen-bond donors (Lipinski definition) is 2. The molecule has 1 aromatic heterocycles. The first-order chi connectivity index (χ1) is 13.8. The number of halogens is 1. The summed E-state index contributed by atoms with van der Waals surface area (Å²) in [5, 5.41) is 15.7. The predicted molar refractivity (Wildman–Crippen MR) is 111 cm³/mol. The molecular formula is C18H14ClN5O4S. The summed E-state index contributed by atoms with van der Waals surface area (Å²) in [6.07, 6.45) is 4.60. The Balaban J connectivity index is 1.85. The van der Waals surface area contributed by atoms with Gasteiger partial charge in [0.25, 0.3) is 15.7 Å². The minimum absolute atomic E-state index is 0.0387. The van der Waals surface area contributed by atoms with Gasteiger partial charge in [0, 0.05) is 29.0 Å². The average Bonchev–Trinajstić information content (AvgIpc) is 2.68. The normalized spacial score (nSPS) is 11.3. The van der Waals surface area contributed by atoms with Crippen LogP contribution in [0, 0.1) is 10.1 Å². The van der Waals surface area contributed by atoms with Crippen molar-refractivity contribution in [2.24, 2.45) is 5.10 Å². The van der Waals surface area contributed by atoms with Crippen LogP contribution in [0.1, 0.15) is 5.56 Å². The summed E-state index contributed by atoms with van der Waals surface area (Å²) in [6, 6.07) is 13.0. The van der Waals surface area contributed by atoms with Crippen molar-refractivity contribution in [1.82, 2.24) is 4.98 Å². The van der Waals surface area contributed by atoms with Crippen LogP contribution in [-0.2, 0) is 10.0 Å². The molecule has 0 fully saturated rings. The second-order valence-electron chi connectivity index (χ2n) is 5.71. The fourth-order valence-electron chi connectivity index (χ4n) is 2.32. The minimum Gasteiger partial charge on any atom is -0.280 e. The van der Waals surface area contributed by atoms with E-state index in [4.69, 9.17) is 11.6 Å². The summed E-state index contributed by atoms with van der Waals surface area (Å²) in [7, 11) is -4.05. The molecule has 0 bridgehead atoms. The molecule has 0 spiro atoms. The van der Waals surface area contributed by atoms with Crippen LogP contribution in [0.5, 0.6) is 0 Å². The van der Waals surface area contributed by atoms with Gasteiger partial charge >= 0.3 is 0 Å². The maximum atomic E-state index is 12.6. The molecule has 0 radical (unpaired) electrons. The third-order valence-electron chi connectivity index (χ3n) is 3.64. The van der Waals surface area contributed by atoms with Gasteiger partial charge in [-0.1, -0.05) is 23.7 Å². The number of benzene rings is 2. The summed E-state index contributed by atoms with van der Waals surface area (Å²) >= 11 is 5.85. The Bertz CT molecular complexity index is 1170. The fraction of sp³-hybridized carbons (Fsp3) is 0. The lowest BCUT2D eigenvalue weighted by atomic mass is 10.3. The number of anilines is 2. The van der Waals surface area contributed by atoms with Crippen molar-refractivity contribution in [3.8, 4) is 0 Å². The molecule has 0 aliphatic carbocycles. The van der Waals surface area contributed by atoms with E-state index in [1.165, 1.54) is 30.5 Å². The van der Waals surface area contributed by atoms with Gasteiger partial charge in [-0.25, -0.2) is 8.42 Å². The first-order valence-electron chi connectivity index (χ1n) is 8.11. The highest BCUT2D eigenvalue weighted by Gasteiger charge is 2.21. The maximum Gasteiger partial charge on any atom is 0.295 e. The number of nitro groups is 1. The Morgan fingerprint density at radius 2 is 1.97 bits per heavy atom. The number of sulfonamides is 1. The second-order valence-corrected chi connectivity index (χ2v) is 7.83. The van der Waals surface area contributed by atoms with Gasteiger partial charge < -0.3 is 0 Å². The van der Waals surface area contributed by atoms with E-state index in [-0.39, 0.29) is 16.3 Å². The lowest BCUT2D eigenvalue weighted by Crippen LogP contribution is -2.13. The standard InChI is InChI=1S/C18H14ClN5O4S/c19-14-4-1-5-15(9-14)23-29(27,28)16-6-7-17(18(10-16)24(25)26)22-21-12-13-3-2-8-20-11-13/h1-12,22-23H. The number of nitrogens with one attached hydrogen (secondary N) is 2. The van der Waals surface area contributed by atoms with Gasteiger partial charge in [0.2, 0.25) is 0 Å². The quantitative estimate of drug-likeness (QED) is 0.332. The van der Waals surface area contributed by atoms with E-state index in [1.807, 2.05) is 0 Å². The van der Waals surface area contributed by atoms with E-state index in [2.05, 4.69) is 20.2 Å². The number of hydrazone groups is 1. The zero-order valence-corrected chi connectivity index (χ0v) is 16.3. The maximum absolute atomic E-state index is 12.6. The van der Waals surface area contributed by atoms with Crippen molar-refractivity contribution >= 4 is 44.9 Å². The van der Waals surface area contributed by atoms with Crippen LogP contribution in [0.15, 0.2) is 77.0 Å². The van der Waals surface area contributed by atoms with Gasteiger partial charge in [-0.15, -0.1) is 0 Å². The molecule has 9 nitrogen and oxygen atoms in total. The lowest BCUT2D eigenvalue weighted by Gasteiger charge is -2.09. The summed E-state index contributed by atoms with van der Waals surface area (Å²) in [6.45, 7) is 0. The van der Waals surface area contributed by atoms with Gasteiger partial charge in [-0.05, 0) is 36.4 Å². The molecule has 148 valence electrons. The zero-order valence-electron chi connectivity index (χ0n) is 14.7. The van der Waals surface area contributed by atoms with Crippen LogP contribution < -0.4 is 10.1 Å². The molecule has 0 aliphatic rings. The van der Waals surface area contributed by atoms with E-state index in [1.54, 1.807) is 36.7 Å². The minimum atomic E-state index is -4.05. The highest BCUT2D eigenvalue weighted by atomic mass is 35.5. The SMILES string of the molecule is O=[N+]([O-])c1cc(S(=O)(=O)Nc2cccc(Cl)c2)ccc1NN=Cc1cccnc1. The highest BCUT2D eigenvalue weighted by molar-refractivity contribution is 7.92. The zero-order chi connectivity index (χ0) is 20.9. The Morgan fingerprint density at radius 3 is 2.66 bits per heavy atom. The number of pyridine rings is 1. The van der Waals surface area contributed by atoms with Crippen LogP contribution in [-0.4, -0.2) is 24.5 Å². The van der Waals surface area contributed by atoms with Crippen LogP contribution in [0.25, 0.3) is 0 Å². The third-order valence-corrected chi connectivity index (χ3v) is 5.25. The molecular weight excluding hydrogens is 418 g/mol. The van der Waals surface area contributed by atoms with E-state index >= 15 is 0 Å². The highest BCUT2D eigenvalue weighted by Crippen LogP contribution is 2.29. The van der Waals surface area contributed by atoms with Crippen molar-refractivity contribution in [3.63, 3.8) is 0 Å². The summed E-state index contributed by atoms with van der Waals surface area (Å²) in [5.74, 6) is 0. The molecule has 11 heteroatoms. The molecule has 0 atom stereocenters. The van der Waals surface area contributed by atoms with E-state index < -0.39 is 20.6 Å². The molecule has 2 aromatic carbocycles. The topological polar surface area (TPSA) is 127 Å². The van der Waals surface area contributed by atoms with E-state index in [9.17, 15) is 18.5 Å². The van der Waals surface area contributed by atoms with Crippen LogP contribution in [0.3, 0.4) is 0 Å². The predicted octanol–water partition coefficient (Wildman–Crippen LogP) is 3.89. The fourth-order valence-corrected chi connectivity index (χ4v) is 3.58. The molecule has 0 amide bonds. The summed E-state index contributed by atoms with van der Waals surface area (Å²) in [5.41, 5.74) is 3.07. The molecule has 0 saturated carbocycles. The Labute approximate surface area is 171 Å². The van der Waals surface area contributed by atoms with Crippen molar-refractivity contribution in [3.05, 3.63) is 87.7 Å². The molecule has 3 rings (SSSR count). The molecule has 0 unspecified atom stereocenters. The Morgan fingerprint density at radius 1 is 1.14 bits per heavy atom. The first kappa shape index (κ1) is 20.2. The monoisotopic (exact) mass is 431 g/mol. The summed E-state index contributed by atoms with van der Waals surface area (Å²) in [4.78, 5) is 14.4. The number of nitro benzene ring substituents is 1. The Kier molecular flexibility index (Phi) is 6.05. The number of nitrogens with zero attached hydrogens (tertiary/aromatic N) is 3. The van der Waals surface area contributed by atoms with E-state index in [0.717, 1.165) is 6.07 Å². The average molecular weight is 432 g/mol. The molecule has 29 heavy (non-hydrogen) atoms. The van der Waals surface area contributed by atoms with Crippen LogP contribution in [0.4, 0.5) is 17.1 Å². The number of rotatable bonds is 7. The number of aromatic nitrogens is 1. The van der Waals surface area contributed by atoms with Gasteiger partial charge in [-0.3, -0.25) is 25.2 Å². The van der Waals surface area contributed by atoms with Crippen molar-refractivity contribution < 1.29 is 13.3 Å². The van der Waals surface area contributed by atoms with Gasteiger partial charge in [0.1, 0.15) is 5.69 Å². The largest absolute Gasteiger partial charge is 0.295 e. The van der Waals surface area contributed by atoms with Crippen molar-refractivity contribution in [2.75, 3.05) is 10.1 Å². The van der Waals surface area contributed by atoms with Gasteiger partial charge in [0.05, 0.1) is 21.7 Å². The smallest absolute Gasteiger partial charge is 0.280 e. The first-order valence-corrected chi connectivity index (χ1v) is 9.97.